The zero-order valence-electron chi connectivity index (χ0n) is 12.6. The quantitative estimate of drug-likeness (QED) is 0.842. The molecule has 7 heteroatoms. The van der Waals surface area contributed by atoms with Crippen molar-refractivity contribution in [3.05, 3.63) is 41.6 Å². The van der Waals surface area contributed by atoms with E-state index in [1.807, 2.05) is 44.2 Å². The molecule has 7 nitrogen and oxygen atoms in total. The van der Waals surface area contributed by atoms with E-state index in [9.17, 15) is 9.59 Å². The Morgan fingerprint density at radius 3 is 2.55 bits per heavy atom. The fourth-order valence-corrected chi connectivity index (χ4v) is 2.02. The van der Waals surface area contributed by atoms with Crippen LogP contribution < -0.4 is 11.1 Å². The van der Waals surface area contributed by atoms with Gasteiger partial charge in [0.15, 0.2) is 11.5 Å². The van der Waals surface area contributed by atoms with Gasteiger partial charge in [0.25, 0.3) is 5.91 Å². The molecule has 3 N–H and O–H groups in total. The first-order chi connectivity index (χ1) is 10.5. The number of amides is 2. The van der Waals surface area contributed by atoms with Gasteiger partial charge in [-0.1, -0.05) is 49.4 Å². The molecule has 0 radical (unpaired) electrons. The monoisotopic (exact) mass is 301 g/mol. The minimum atomic E-state index is -0.723. The maximum Gasteiger partial charge on any atom is 0.273 e. The summed E-state index contributed by atoms with van der Waals surface area (Å²) in [5.41, 5.74) is 6.23. The van der Waals surface area contributed by atoms with Crippen molar-refractivity contribution in [3.63, 3.8) is 0 Å². The van der Waals surface area contributed by atoms with E-state index in [2.05, 4.69) is 15.6 Å². The number of carbonyl (C=O) groups is 2. The molecule has 2 aromatic rings. The van der Waals surface area contributed by atoms with Gasteiger partial charge < -0.3 is 11.1 Å². The normalized spacial score (nSPS) is 10.7. The molecule has 1 aromatic heterocycles. The van der Waals surface area contributed by atoms with Crippen LogP contribution in [0.2, 0.25) is 0 Å². The number of anilines is 1. The van der Waals surface area contributed by atoms with Crippen LogP contribution in [-0.2, 0) is 11.3 Å². The van der Waals surface area contributed by atoms with Crippen LogP contribution in [0.1, 0.15) is 36.3 Å². The maximum absolute atomic E-state index is 12.0. The second kappa shape index (κ2) is 6.84. The lowest BCUT2D eigenvalue weighted by Gasteiger charge is -2.10. The first-order valence-corrected chi connectivity index (χ1v) is 7.04. The van der Waals surface area contributed by atoms with Crippen LogP contribution in [0.25, 0.3) is 0 Å². The molecular formula is C15H19N5O2. The first kappa shape index (κ1) is 15.7. The minimum absolute atomic E-state index is 0.0342. The molecule has 1 heterocycles. The number of carbonyl (C=O) groups excluding carboxylic acids is 2. The highest BCUT2D eigenvalue weighted by Crippen LogP contribution is 2.15. The molecule has 2 amide bonds. The Kier molecular flexibility index (Phi) is 4.88. The van der Waals surface area contributed by atoms with Gasteiger partial charge in [0, 0.05) is 6.42 Å². The highest BCUT2D eigenvalue weighted by atomic mass is 16.2. The summed E-state index contributed by atoms with van der Waals surface area (Å²) in [4.78, 5) is 23.4. The summed E-state index contributed by atoms with van der Waals surface area (Å²) in [5, 5.41) is 10.4. The molecular weight excluding hydrogens is 282 g/mol. The Balaban J connectivity index is 2.26. The van der Waals surface area contributed by atoms with Crippen molar-refractivity contribution >= 4 is 17.6 Å². The van der Waals surface area contributed by atoms with Crippen molar-refractivity contribution in [2.75, 3.05) is 5.32 Å². The number of primary amides is 1. The summed E-state index contributed by atoms with van der Waals surface area (Å²) in [7, 11) is 0. The van der Waals surface area contributed by atoms with Gasteiger partial charge in [-0.25, -0.2) is 4.68 Å². The third-order valence-corrected chi connectivity index (χ3v) is 3.00. The molecule has 0 bridgehead atoms. The predicted octanol–water partition coefficient (Wildman–Crippen LogP) is 1.41. The number of hydrogen-bond acceptors (Lipinski definition) is 4. The standard InChI is InChI=1S/C15H19N5O2/c1-10(2)8-12(21)17-15-13(14(16)22)18-19-20(15)9-11-6-4-3-5-7-11/h3-7,10H,8-9H2,1-2H3,(H2,16,22)(H,17,21). The van der Waals surface area contributed by atoms with Crippen molar-refractivity contribution in [1.29, 1.82) is 0 Å². The van der Waals surface area contributed by atoms with Crippen LogP contribution in [0.15, 0.2) is 30.3 Å². The van der Waals surface area contributed by atoms with E-state index in [0.29, 0.717) is 13.0 Å². The van der Waals surface area contributed by atoms with Crippen molar-refractivity contribution < 1.29 is 9.59 Å². The smallest absolute Gasteiger partial charge is 0.273 e. The lowest BCUT2D eigenvalue weighted by Crippen LogP contribution is -2.21. The third-order valence-electron chi connectivity index (χ3n) is 3.00. The van der Waals surface area contributed by atoms with E-state index in [1.165, 1.54) is 4.68 Å². The molecule has 0 unspecified atom stereocenters. The van der Waals surface area contributed by atoms with Crippen molar-refractivity contribution in [1.82, 2.24) is 15.0 Å². The lowest BCUT2D eigenvalue weighted by atomic mass is 10.1. The summed E-state index contributed by atoms with van der Waals surface area (Å²) in [6, 6.07) is 9.55. The number of nitrogens with two attached hydrogens (primary N) is 1. The molecule has 0 spiro atoms. The van der Waals surface area contributed by atoms with Gasteiger partial charge in [-0.15, -0.1) is 5.10 Å². The maximum atomic E-state index is 12.0. The average molecular weight is 301 g/mol. The van der Waals surface area contributed by atoms with Gasteiger partial charge in [-0.3, -0.25) is 9.59 Å². The van der Waals surface area contributed by atoms with Crippen LogP contribution in [-0.4, -0.2) is 26.8 Å². The summed E-state index contributed by atoms with van der Waals surface area (Å²) in [6.45, 7) is 4.26. The fourth-order valence-electron chi connectivity index (χ4n) is 2.02. The van der Waals surface area contributed by atoms with Gasteiger partial charge in [0.05, 0.1) is 6.54 Å². The van der Waals surface area contributed by atoms with E-state index >= 15 is 0 Å². The molecule has 1 aromatic carbocycles. The number of nitrogens with zero attached hydrogens (tertiary/aromatic N) is 3. The van der Waals surface area contributed by atoms with Crippen molar-refractivity contribution in [2.24, 2.45) is 11.7 Å². The predicted molar refractivity (Wildman–Crippen MR) is 82.2 cm³/mol. The summed E-state index contributed by atoms with van der Waals surface area (Å²) in [6.07, 6.45) is 0.342. The third kappa shape index (κ3) is 3.91. The topological polar surface area (TPSA) is 103 Å². The van der Waals surface area contributed by atoms with Crippen LogP contribution in [0, 0.1) is 5.92 Å². The first-order valence-electron chi connectivity index (χ1n) is 7.04. The number of rotatable bonds is 6. The zero-order chi connectivity index (χ0) is 16.1. The molecule has 22 heavy (non-hydrogen) atoms. The molecule has 0 aliphatic rings. The highest BCUT2D eigenvalue weighted by Gasteiger charge is 2.20. The van der Waals surface area contributed by atoms with E-state index in [0.717, 1.165) is 5.56 Å². The Hall–Kier alpha value is -2.70. The summed E-state index contributed by atoms with van der Waals surface area (Å²) >= 11 is 0. The highest BCUT2D eigenvalue weighted by molar-refractivity contribution is 6.00. The minimum Gasteiger partial charge on any atom is -0.364 e. The molecule has 0 aliphatic carbocycles. The van der Waals surface area contributed by atoms with Gasteiger partial charge >= 0.3 is 0 Å². The SMILES string of the molecule is CC(C)CC(=O)Nc1c(C(N)=O)nnn1Cc1ccccc1. The molecule has 0 aliphatic heterocycles. The van der Waals surface area contributed by atoms with Crippen LogP contribution in [0.5, 0.6) is 0 Å². The number of aromatic nitrogens is 3. The Bertz CT molecular complexity index is 664. The zero-order valence-corrected chi connectivity index (χ0v) is 12.6. The van der Waals surface area contributed by atoms with Crippen LogP contribution >= 0.6 is 0 Å². The van der Waals surface area contributed by atoms with Crippen molar-refractivity contribution in [3.8, 4) is 0 Å². The van der Waals surface area contributed by atoms with Crippen molar-refractivity contribution in [2.45, 2.75) is 26.8 Å². The van der Waals surface area contributed by atoms with E-state index in [4.69, 9.17) is 5.73 Å². The number of hydrogen-bond donors (Lipinski definition) is 2. The lowest BCUT2D eigenvalue weighted by molar-refractivity contribution is -0.116. The second-order valence-electron chi connectivity index (χ2n) is 5.44. The molecule has 2 rings (SSSR count). The largest absolute Gasteiger partial charge is 0.364 e. The molecule has 0 saturated heterocycles. The van der Waals surface area contributed by atoms with Gasteiger partial charge in [-0.2, -0.15) is 0 Å². The molecule has 0 atom stereocenters. The van der Waals surface area contributed by atoms with Gasteiger partial charge in [0.1, 0.15) is 0 Å². The van der Waals surface area contributed by atoms with E-state index in [-0.39, 0.29) is 23.3 Å². The van der Waals surface area contributed by atoms with Gasteiger partial charge in [0.2, 0.25) is 5.91 Å². The Morgan fingerprint density at radius 1 is 1.27 bits per heavy atom. The van der Waals surface area contributed by atoms with Crippen LogP contribution in [0.4, 0.5) is 5.82 Å². The number of nitrogens with one attached hydrogen (secondary N) is 1. The summed E-state index contributed by atoms with van der Waals surface area (Å²) < 4.78 is 1.47. The molecule has 0 saturated carbocycles. The van der Waals surface area contributed by atoms with Crippen LogP contribution in [0.3, 0.4) is 0 Å². The average Bonchev–Trinajstić information content (AvgIpc) is 2.82. The second-order valence-corrected chi connectivity index (χ2v) is 5.44. The molecule has 0 fully saturated rings. The number of benzene rings is 1. The molecule has 116 valence electrons. The van der Waals surface area contributed by atoms with E-state index in [1.54, 1.807) is 0 Å². The Labute approximate surface area is 128 Å². The Morgan fingerprint density at radius 2 is 1.95 bits per heavy atom. The fraction of sp³-hybridized carbons (Fsp3) is 0.333. The summed E-state index contributed by atoms with van der Waals surface area (Å²) in [5.74, 6) is -0.481. The van der Waals surface area contributed by atoms with E-state index < -0.39 is 5.91 Å². The van der Waals surface area contributed by atoms with Gasteiger partial charge in [-0.05, 0) is 11.5 Å².